The van der Waals surface area contributed by atoms with Gasteiger partial charge in [-0.25, -0.2) is 0 Å². The van der Waals surface area contributed by atoms with Crippen molar-refractivity contribution in [3.05, 3.63) is 52.1 Å². The molecular weight excluding hydrogens is 364 g/mol. The van der Waals surface area contributed by atoms with Gasteiger partial charge in [-0.3, -0.25) is 0 Å². The molecule has 22 heavy (non-hydrogen) atoms. The summed E-state index contributed by atoms with van der Waals surface area (Å²) < 4.78 is 8.88. The largest absolute Gasteiger partial charge is 0.355 e. The molecule has 0 saturated heterocycles. The number of benzene rings is 2. The fourth-order valence-corrected chi connectivity index (χ4v) is 3.61. The fraction of sp³-hybridized carbons (Fsp3) is 0.118. The molecule has 2 aromatic carbocycles. The Labute approximate surface area is 140 Å². The third-order valence-electron chi connectivity index (χ3n) is 3.89. The van der Waals surface area contributed by atoms with Gasteiger partial charge in [-0.2, -0.15) is 0 Å². The van der Waals surface area contributed by atoms with Gasteiger partial charge < -0.3 is 9.09 Å². The summed E-state index contributed by atoms with van der Waals surface area (Å²) in [6.07, 6.45) is 2.10. The van der Waals surface area contributed by atoms with Crippen molar-refractivity contribution < 1.29 is 4.52 Å². The smallest absolute Gasteiger partial charge is 0.175 e. The lowest BCUT2D eigenvalue weighted by atomic mass is 10.1. The summed E-state index contributed by atoms with van der Waals surface area (Å²) in [6, 6.07) is 11.7. The monoisotopic (exact) mass is 374 g/mol. The summed E-state index contributed by atoms with van der Waals surface area (Å²) >= 11 is 9.65. The lowest BCUT2D eigenvalue weighted by molar-refractivity contribution is 0.441. The first-order valence-corrected chi connectivity index (χ1v) is 8.19. The molecule has 0 aliphatic rings. The van der Waals surface area contributed by atoms with Gasteiger partial charge in [0, 0.05) is 33.2 Å². The van der Waals surface area contributed by atoms with Crippen LogP contribution in [0, 0.1) is 0 Å². The lowest BCUT2D eigenvalue weighted by Crippen LogP contribution is -1.90. The molecule has 5 heteroatoms. The SMILES string of the molecule is CCn1cc(Br)c2c3c(-c4ccc(Cl)cc4)onc3ccc21. The second-order valence-electron chi connectivity index (χ2n) is 5.14. The Balaban J connectivity index is 2.10. The third-order valence-corrected chi connectivity index (χ3v) is 4.74. The molecule has 4 rings (SSSR count). The van der Waals surface area contributed by atoms with E-state index in [2.05, 4.69) is 44.8 Å². The molecular formula is C17H12BrClN2O. The molecule has 3 nitrogen and oxygen atoms in total. The van der Waals surface area contributed by atoms with E-state index in [1.807, 2.05) is 30.3 Å². The quantitative estimate of drug-likeness (QED) is 0.437. The first kappa shape index (κ1) is 13.9. The van der Waals surface area contributed by atoms with E-state index >= 15 is 0 Å². The molecule has 0 amide bonds. The van der Waals surface area contributed by atoms with Crippen LogP contribution in [0.25, 0.3) is 33.1 Å². The molecule has 0 aliphatic heterocycles. The molecule has 2 aromatic heterocycles. The van der Waals surface area contributed by atoms with E-state index in [9.17, 15) is 0 Å². The zero-order chi connectivity index (χ0) is 15.3. The predicted octanol–water partition coefficient (Wildman–Crippen LogP) is 5.89. The van der Waals surface area contributed by atoms with Crippen LogP contribution in [-0.2, 0) is 6.54 Å². The standard InChI is InChI=1S/C17H12BrClN2O/c1-2-21-9-12(18)15-14(21)8-7-13-16(15)17(22-20-13)10-3-5-11(19)6-4-10/h3-9H,2H2,1H3. The van der Waals surface area contributed by atoms with Gasteiger partial charge in [0.25, 0.3) is 0 Å². The number of fused-ring (bicyclic) bond motifs is 3. The Bertz CT molecular complexity index is 985. The van der Waals surface area contributed by atoms with Gasteiger partial charge in [0.1, 0.15) is 5.52 Å². The Morgan fingerprint density at radius 2 is 1.91 bits per heavy atom. The fourth-order valence-electron chi connectivity index (χ4n) is 2.84. The van der Waals surface area contributed by atoms with E-state index in [1.165, 1.54) is 5.52 Å². The topological polar surface area (TPSA) is 31.0 Å². The molecule has 0 saturated carbocycles. The second kappa shape index (κ2) is 5.14. The molecule has 0 radical (unpaired) electrons. The molecule has 0 atom stereocenters. The number of hydrogen-bond acceptors (Lipinski definition) is 2. The maximum atomic E-state index is 5.98. The van der Waals surface area contributed by atoms with Crippen molar-refractivity contribution in [2.75, 3.05) is 0 Å². The summed E-state index contributed by atoms with van der Waals surface area (Å²) in [4.78, 5) is 0. The number of hydrogen-bond donors (Lipinski definition) is 0. The number of aryl methyl sites for hydroxylation is 1. The van der Waals surface area contributed by atoms with Gasteiger partial charge in [-0.05, 0) is 59.3 Å². The summed E-state index contributed by atoms with van der Waals surface area (Å²) in [7, 11) is 0. The maximum Gasteiger partial charge on any atom is 0.175 e. The highest BCUT2D eigenvalue weighted by Gasteiger charge is 2.18. The van der Waals surface area contributed by atoms with E-state index in [-0.39, 0.29) is 0 Å². The molecule has 2 heterocycles. The number of rotatable bonds is 2. The number of nitrogens with zero attached hydrogens (tertiary/aromatic N) is 2. The average molecular weight is 376 g/mol. The van der Waals surface area contributed by atoms with E-state index in [1.54, 1.807) is 0 Å². The van der Waals surface area contributed by atoms with E-state index in [4.69, 9.17) is 16.1 Å². The van der Waals surface area contributed by atoms with Gasteiger partial charge in [-0.15, -0.1) is 0 Å². The first-order chi connectivity index (χ1) is 10.7. The Morgan fingerprint density at radius 3 is 2.64 bits per heavy atom. The number of aromatic nitrogens is 2. The van der Waals surface area contributed by atoms with Crippen LogP contribution in [0.15, 0.2) is 51.6 Å². The van der Waals surface area contributed by atoms with Crippen LogP contribution in [0.5, 0.6) is 0 Å². The van der Waals surface area contributed by atoms with Crippen molar-refractivity contribution in [3.63, 3.8) is 0 Å². The van der Waals surface area contributed by atoms with Crippen molar-refractivity contribution in [2.45, 2.75) is 13.5 Å². The normalized spacial score (nSPS) is 11.6. The van der Waals surface area contributed by atoms with Crippen LogP contribution in [0.1, 0.15) is 6.92 Å². The molecule has 110 valence electrons. The van der Waals surface area contributed by atoms with Gasteiger partial charge in [0.2, 0.25) is 0 Å². The van der Waals surface area contributed by atoms with Gasteiger partial charge >= 0.3 is 0 Å². The summed E-state index contributed by atoms with van der Waals surface area (Å²) in [6.45, 7) is 3.04. The van der Waals surface area contributed by atoms with Crippen LogP contribution in [0.3, 0.4) is 0 Å². The lowest BCUT2D eigenvalue weighted by Gasteiger charge is -2.01. The average Bonchev–Trinajstić information content (AvgIpc) is 3.09. The summed E-state index contributed by atoms with van der Waals surface area (Å²) in [5.74, 6) is 0.770. The van der Waals surface area contributed by atoms with Crippen LogP contribution in [0.2, 0.25) is 5.02 Å². The highest BCUT2D eigenvalue weighted by atomic mass is 79.9. The highest BCUT2D eigenvalue weighted by molar-refractivity contribution is 9.10. The molecule has 0 bridgehead atoms. The van der Waals surface area contributed by atoms with Crippen molar-refractivity contribution in [1.29, 1.82) is 0 Å². The first-order valence-electron chi connectivity index (χ1n) is 7.01. The van der Waals surface area contributed by atoms with Crippen LogP contribution < -0.4 is 0 Å². The van der Waals surface area contributed by atoms with E-state index < -0.39 is 0 Å². The maximum absolute atomic E-state index is 5.98. The molecule has 0 unspecified atom stereocenters. The molecule has 0 aliphatic carbocycles. The number of halogens is 2. The highest BCUT2D eigenvalue weighted by Crippen LogP contribution is 2.38. The van der Waals surface area contributed by atoms with Crippen LogP contribution >= 0.6 is 27.5 Å². The van der Waals surface area contributed by atoms with Crippen LogP contribution in [-0.4, -0.2) is 9.72 Å². The molecule has 0 spiro atoms. The van der Waals surface area contributed by atoms with E-state index in [0.29, 0.717) is 5.02 Å². The molecule has 0 fully saturated rings. The zero-order valence-electron chi connectivity index (χ0n) is 11.8. The van der Waals surface area contributed by atoms with E-state index in [0.717, 1.165) is 38.6 Å². The third kappa shape index (κ3) is 1.98. The van der Waals surface area contributed by atoms with Crippen molar-refractivity contribution >= 4 is 49.3 Å². The minimum Gasteiger partial charge on any atom is -0.355 e. The Kier molecular flexibility index (Phi) is 3.24. The van der Waals surface area contributed by atoms with Gasteiger partial charge in [-0.1, -0.05) is 16.8 Å². The summed E-state index contributed by atoms with van der Waals surface area (Å²) in [5.41, 5.74) is 2.99. The van der Waals surface area contributed by atoms with Gasteiger partial charge in [0.05, 0.1) is 10.9 Å². The minimum atomic E-state index is 0.705. The van der Waals surface area contributed by atoms with Crippen molar-refractivity contribution in [1.82, 2.24) is 9.72 Å². The van der Waals surface area contributed by atoms with Crippen molar-refractivity contribution in [2.24, 2.45) is 0 Å². The Morgan fingerprint density at radius 1 is 1.14 bits per heavy atom. The minimum absolute atomic E-state index is 0.705. The molecule has 0 N–H and O–H groups in total. The predicted molar refractivity (Wildman–Crippen MR) is 93.3 cm³/mol. The Hall–Kier alpha value is -1.78. The second-order valence-corrected chi connectivity index (χ2v) is 6.43. The summed E-state index contributed by atoms with van der Waals surface area (Å²) in [5, 5.41) is 7.07. The zero-order valence-corrected chi connectivity index (χ0v) is 14.1. The van der Waals surface area contributed by atoms with Crippen LogP contribution in [0.4, 0.5) is 0 Å². The van der Waals surface area contributed by atoms with Gasteiger partial charge in [0.15, 0.2) is 5.76 Å². The van der Waals surface area contributed by atoms with Crippen molar-refractivity contribution in [3.8, 4) is 11.3 Å². The molecule has 4 aromatic rings.